The molecule has 9 N–H and O–H groups in total. The highest BCUT2D eigenvalue weighted by atomic mass is 16.3. The molecule has 45 heavy (non-hydrogen) atoms. The second-order valence-corrected chi connectivity index (χ2v) is 9.96. The SMILES string of the molecule is Nc1cccc(C(=O)Nc2cccc(NC(=O)c3ccc(O)c(C(=O)Nc4cccc(NC(=O)c5cccc(N)c5)c4)c3)c2)c1. The summed E-state index contributed by atoms with van der Waals surface area (Å²) in [6.07, 6.45) is 0. The molecule has 0 saturated carbocycles. The van der Waals surface area contributed by atoms with E-state index in [0.717, 1.165) is 0 Å². The Kier molecular flexibility index (Phi) is 8.71. The molecule has 0 fully saturated rings. The van der Waals surface area contributed by atoms with E-state index in [1.54, 1.807) is 97.1 Å². The van der Waals surface area contributed by atoms with E-state index in [1.165, 1.54) is 18.2 Å². The second-order valence-electron chi connectivity index (χ2n) is 9.96. The molecule has 4 amide bonds. The lowest BCUT2D eigenvalue weighted by atomic mass is 10.1. The van der Waals surface area contributed by atoms with E-state index in [2.05, 4.69) is 21.3 Å². The molecular formula is C34H28N6O5. The first-order valence-corrected chi connectivity index (χ1v) is 13.6. The van der Waals surface area contributed by atoms with Gasteiger partial charge in [-0.25, -0.2) is 0 Å². The lowest BCUT2D eigenvalue weighted by Crippen LogP contribution is -2.16. The first kappa shape index (κ1) is 29.9. The molecule has 5 rings (SSSR count). The first-order valence-electron chi connectivity index (χ1n) is 13.6. The molecule has 5 aromatic rings. The van der Waals surface area contributed by atoms with Crippen molar-refractivity contribution in [3.8, 4) is 5.75 Å². The van der Waals surface area contributed by atoms with E-state index in [1.807, 2.05) is 0 Å². The van der Waals surface area contributed by atoms with Crippen LogP contribution in [0, 0.1) is 0 Å². The van der Waals surface area contributed by atoms with Gasteiger partial charge in [-0.15, -0.1) is 0 Å². The van der Waals surface area contributed by atoms with Gasteiger partial charge in [0.2, 0.25) is 0 Å². The maximum absolute atomic E-state index is 13.1. The molecule has 11 heteroatoms. The minimum atomic E-state index is -0.673. The molecule has 0 radical (unpaired) electrons. The van der Waals surface area contributed by atoms with Crippen LogP contribution < -0.4 is 32.7 Å². The summed E-state index contributed by atoms with van der Waals surface area (Å²) in [4.78, 5) is 51.3. The molecular weight excluding hydrogens is 572 g/mol. The van der Waals surface area contributed by atoms with Gasteiger partial charge in [0.1, 0.15) is 5.75 Å². The molecule has 11 nitrogen and oxygen atoms in total. The molecule has 0 saturated heterocycles. The average Bonchev–Trinajstić information content (AvgIpc) is 3.01. The molecule has 0 aromatic heterocycles. The molecule has 0 unspecified atom stereocenters. The zero-order chi connectivity index (χ0) is 31.9. The number of carbonyl (C=O) groups is 4. The van der Waals surface area contributed by atoms with Crippen molar-refractivity contribution >= 4 is 57.8 Å². The molecule has 224 valence electrons. The van der Waals surface area contributed by atoms with Crippen molar-refractivity contribution in [2.75, 3.05) is 32.7 Å². The van der Waals surface area contributed by atoms with Gasteiger partial charge in [0, 0.05) is 50.8 Å². The fourth-order valence-corrected chi connectivity index (χ4v) is 4.38. The second kappa shape index (κ2) is 13.1. The van der Waals surface area contributed by atoms with E-state index < -0.39 is 11.8 Å². The van der Waals surface area contributed by atoms with Crippen LogP contribution in [0.15, 0.2) is 115 Å². The third-order valence-electron chi connectivity index (χ3n) is 6.56. The smallest absolute Gasteiger partial charge is 0.259 e. The summed E-state index contributed by atoms with van der Waals surface area (Å²) in [5.41, 5.74) is 14.7. The molecule has 0 heterocycles. The minimum absolute atomic E-state index is 0.107. The maximum Gasteiger partial charge on any atom is 0.259 e. The van der Waals surface area contributed by atoms with E-state index in [4.69, 9.17) is 11.5 Å². The summed E-state index contributed by atoms with van der Waals surface area (Å²) in [6, 6.07) is 29.9. The Bertz CT molecular complexity index is 1940. The van der Waals surface area contributed by atoms with E-state index >= 15 is 0 Å². The zero-order valence-corrected chi connectivity index (χ0v) is 23.7. The number of anilines is 6. The average molecular weight is 601 g/mol. The van der Waals surface area contributed by atoms with Crippen molar-refractivity contribution in [3.05, 3.63) is 138 Å². The normalized spacial score (nSPS) is 10.4. The number of hydrogen-bond acceptors (Lipinski definition) is 7. The van der Waals surface area contributed by atoms with Gasteiger partial charge >= 0.3 is 0 Å². The van der Waals surface area contributed by atoms with Crippen LogP contribution in [0.3, 0.4) is 0 Å². The van der Waals surface area contributed by atoms with Crippen molar-refractivity contribution in [1.82, 2.24) is 0 Å². The van der Waals surface area contributed by atoms with Crippen LogP contribution in [0.4, 0.5) is 34.1 Å². The Hall–Kier alpha value is -6.62. The lowest BCUT2D eigenvalue weighted by Gasteiger charge is -2.12. The summed E-state index contributed by atoms with van der Waals surface area (Å²) in [6.45, 7) is 0. The van der Waals surface area contributed by atoms with Crippen molar-refractivity contribution in [2.45, 2.75) is 0 Å². The van der Waals surface area contributed by atoms with Gasteiger partial charge in [-0.05, 0) is 91.0 Å². The summed E-state index contributed by atoms with van der Waals surface area (Å²) in [5, 5.41) is 21.3. The van der Waals surface area contributed by atoms with Crippen molar-refractivity contribution < 1.29 is 24.3 Å². The van der Waals surface area contributed by atoms with Gasteiger partial charge in [0.05, 0.1) is 5.56 Å². The number of nitrogens with one attached hydrogen (secondary N) is 4. The predicted octanol–water partition coefficient (Wildman–Crippen LogP) is 5.57. The van der Waals surface area contributed by atoms with E-state index in [-0.39, 0.29) is 28.7 Å². The van der Waals surface area contributed by atoms with E-state index in [9.17, 15) is 24.3 Å². The fraction of sp³-hybridized carbons (Fsp3) is 0. The fourth-order valence-electron chi connectivity index (χ4n) is 4.38. The number of rotatable bonds is 8. The molecule has 0 bridgehead atoms. The number of phenols is 1. The van der Waals surface area contributed by atoms with Gasteiger partial charge in [-0.3, -0.25) is 19.2 Å². The maximum atomic E-state index is 13.1. The largest absolute Gasteiger partial charge is 0.507 e. The molecule has 0 aliphatic carbocycles. The minimum Gasteiger partial charge on any atom is -0.507 e. The summed E-state index contributed by atoms with van der Waals surface area (Å²) < 4.78 is 0. The molecule has 0 atom stereocenters. The summed E-state index contributed by atoms with van der Waals surface area (Å²) in [5.74, 6) is -2.30. The lowest BCUT2D eigenvalue weighted by molar-refractivity contribution is 0.101. The van der Waals surface area contributed by atoms with Gasteiger partial charge < -0.3 is 37.8 Å². The topological polar surface area (TPSA) is 189 Å². The highest BCUT2D eigenvalue weighted by Gasteiger charge is 2.17. The number of phenolic OH excluding ortho intramolecular Hbond substituents is 1. The summed E-state index contributed by atoms with van der Waals surface area (Å²) in [7, 11) is 0. The van der Waals surface area contributed by atoms with Gasteiger partial charge in [0.25, 0.3) is 23.6 Å². The zero-order valence-electron chi connectivity index (χ0n) is 23.7. The van der Waals surface area contributed by atoms with Crippen molar-refractivity contribution in [1.29, 1.82) is 0 Å². The summed E-state index contributed by atoms with van der Waals surface area (Å²) >= 11 is 0. The quantitative estimate of drug-likeness (QED) is 0.113. The Labute approximate surface area is 257 Å². The first-order chi connectivity index (χ1) is 21.6. The Morgan fingerprint density at radius 3 is 1.24 bits per heavy atom. The van der Waals surface area contributed by atoms with Crippen LogP contribution in [0.5, 0.6) is 5.75 Å². The monoisotopic (exact) mass is 600 g/mol. The van der Waals surface area contributed by atoms with E-state index in [0.29, 0.717) is 45.3 Å². The number of carbonyl (C=O) groups excluding carboxylic acids is 4. The van der Waals surface area contributed by atoms with Crippen LogP contribution >= 0.6 is 0 Å². The third kappa shape index (κ3) is 7.62. The van der Waals surface area contributed by atoms with Crippen LogP contribution in [0.2, 0.25) is 0 Å². The van der Waals surface area contributed by atoms with Gasteiger partial charge in [-0.2, -0.15) is 0 Å². The molecule has 5 aromatic carbocycles. The third-order valence-corrected chi connectivity index (χ3v) is 6.56. The Balaban J connectivity index is 1.25. The van der Waals surface area contributed by atoms with Crippen LogP contribution in [0.25, 0.3) is 0 Å². The van der Waals surface area contributed by atoms with Crippen molar-refractivity contribution in [3.63, 3.8) is 0 Å². The molecule has 0 aliphatic heterocycles. The number of nitrogen functional groups attached to an aromatic ring is 2. The molecule has 0 aliphatic rings. The number of hydrogen-bond donors (Lipinski definition) is 7. The number of benzene rings is 5. The highest BCUT2D eigenvalue weighted by Crippen LogP contribution is 2.24. The number of nitrogens with two attached hydrogens (primary N) is 2. The Morgan fingerprint density at radius 1 is 0.444 bits per heavy atom. The highest BCUT2D eigenvalue weighted by molar-refractivity contribution is 6.11. The van der Waals surface area contributed by atoms with Crippen LogP contribution in [0.1, 0.15) is 41.4 Å². The van der Waals surface area contributed by atoms with Gasteiger partial charge in [0.15, 0.2) is 0 Å². The Morgan fingerprint density at radius 2 is 0.822 bits per heavy atom. The molecule has 0 spiro atoms. The number of amides is 4. The number of aromatic hydroxyl groups is 1. The van der Waals surface area contributed by atoms with Crippen molar-refractivity contribution in [2.24, 2.45) is 0 Å². The predicted molar refractivity (Wildman–Crippen MR) is 175 cm³/mol. The van der Waals surface area contributed by atoms with Crippen LogP contribution in [-0.4, -0.2) is 28.7 Å². The van der Waals surface area contributed by atoms with Gasteiger partial charge in [-0.1, -0.05) is 24.3 Å². The van der Waals surface area contributed by atoms with Crippen LogP contribution in [-0.2, 0) is 0 Å². The standard InChI is InChI=1S/C34H28N6O5/c35-23-7-1-5-20(15-23)31(42)37-25-9-3-10-26(18-25)39-33(44)22-13-14-30(41)29(17-22)34(45)40-28-12-4-11-27(19-28)38-32(43)21-6-2-8-24(36)16-21/h1-19,41H,35-36H2,(H,37,42)(H,38,43)(H,39,44)(H,40,45).